The highest BCUT2D eigenvalue weighted by Crippen LogP contribution is 2.29. The topological polar surface area (TPSA) is 38.5 Å². The zero-order valence-corrected chi connectivity index (χ0v) is 11.6. The first-order valence-corrected chi connectivity index (χ1v) is 6.30. The second-order valence-electron chi connectivity index (χ2n) is 4.74. The number of ether oxygens (including phenoxy) is 1. The molecule has 0 aliphatic carbocycles. The Morgan fingerprint density at radius 3 is 2.50 bits per heavy atom. The van der Waals surface area contributed by atoms with Crippen LogP contribution in [0.1, 0.15) is 25.5 Å². The molecular formula is C14H23FN2O. The molecule has 2 atom stereocenters. The Labute approximate surface area is 109 Å². The van der Waals surface area contributed by atoms with E-state index in [1.807, 2.05) is 27.1 Å². The van der Waals surface area contributed by atoms with Gasteiger partial charge in [0.25, 0.3) is 0 Å². The lowest BCUT2D eigenvalue weighted by Gasteiger charge is -2.30. The monoisotopic (exact) mass is 254 g/mol. The lowest BCUT2D eigenvalue weighted by atomic mass is 9.93. The smallest absolute Gasteiger partial charge is 0.165 e. The highest BCUT2D eigenvalue weighted by molar-refractivity contribution is 5.31. The number of benzene rings is 1. The van der Waals surface area contributed by atoms with E-state index in [1.54, 1.807) is 12.1 Å². The Bertz CT molecular complexity index is 382. The van der Waals surface area contributed by atoms with E-state index in [2.05, 4.69) is 11.8 Å². The Balaban J connectivity index is 3.03. The van der Waals surface area contributed by atoms with Gasteiger partial charge in [0.15, 0.2) is 11.6 Å². The molecule has 0 saturated carbocycles. The van der Waals surface area contributed by atoms with Crippen LogP contribution in [0.25, 0.3) is 0 Å². The molecule has 0 aliphatic heterocycles. The summed E-state index contributed by atoms with van der Waals surface area (Å²) in [4.78, 5) is 2.06. The van der Waals surface area contributed by atoms with Gasteiger partial charge in [0.1, 0.15) is 0 Å². The van der Waals surface area contributed by atoms with E-state index in [0.29, 0.717) is 18.9 Å². The fraction of sp³-hybridized carbons (Fsp3) is 0.571. The fourth-order valence-electron chi connectivity index (χ4n) is 2.24. The molecule has 0 fully saturated rings. The molecule has 0 aliphatic rings. The fourth-order valence-corrected chi connectivity index (χ4v) is 2.24. The second kappa shape index (κ2) is 6.71. The molecule has 18 heavy (non-hydrogen) atoms. The number of hydrogen-bond acceptors (Lipinski definition) is 3. The van der Waals surface area contributed by atoms with Crippen LogP contribution in [0.15, 0.2) is 18.2 Å². The molecule has 2 unspecified atom stereocenters. The molecular weight excluding hydrogens is 231 g/mol. The van der Waals surface area contributed by atoms with Gasteiger partial charge in [0.05, 0.1) is 6.61 Å². The molecule has 1 aromatic rings. The predicted molar refractivity (Wildman–Crippen MR) is 72.2 cm³/mol. The SMILES string of the molecule is CCOc1ccc(C(C(C)CN)N(C)C)cc1F. The third-order valence-corrected chi connectivity index (χ3v) is 3.06. The molecule has 0 amide bonds. The summed E-state index contributed by atoms with van der Waals surface area (Å²) in [6.07, 6.45) is 0. The van der Waals surface area contributed by atoms with Gasteiger partial charge in [0.2, 0.25) is 0 Å². The van der Waals surface area contributed by atoms with Gasteiger partial charge in [-0.05, 0) is 51.2 Å². The molecule has 0 radical (unpaired) electrons. The van der Waals surface area contributed by atoms with Gasteiger partial charge in [0, 0.05) is 6.04 Å². The third kappa shape index (κ3) is 3.43. The maximum atomic E-state index is 13.9. The van der Waals surface area contributed by atoms with Gasteiger partial charge in [-0.3, -0.25) is 0 Å². The van der Waals surface area contributed by atoms with Crippen molar-refractivity contribution in [3.63, 3.8) is 0 Å². The average Bonchev–Trinajstić information content (AvgIpc) is 2.32. The summed E-state index contributed by atoms with van der Waals surface area (Å²) in [6.45, 7) is 4.94. The van der Waals surface area contributed by atoms with Gasteiger partial charge < -0.3 is 15.4 Å². The third-order valence-electron chi connectivity index (χ3n) is 3.06. The van der Waals surface area contributed by atoms with Crippen molar-refractivity contribution < 1.29 is 9.13 Å². The van der Waals surface area contributed by atoms with Crippen LogP contribution in [0.3, 0.4) is 0 Å². The van der Waals surface area contributed by atoms with Crippen molar-refractivity contribution in [2.45, 2.75) is 19.9 Å². The van der Waals surface area contributed by atoms with Gasteiger partial charge >= 0.3 is 0 Å². The number of hydrogen-bond donors (Lipinski definition) is 1. The number of nitrogens with zero attached hydrogens (tertiary/aromatic N) is 1. The minimum absolute atomic E-state index is 0.111. The molecule has 0 heterocycles. The summed E-state index contributed by atoms with van der Waals surface area (Å²) in [7, 11) is 3.95. The molecule has 1 rings (SSSR count). The van der Waals surface area contributed by atoms with E-state index >= 15 is 0 Å². The van der Waals surface area contributed by atoms with Crippen molar-refractivity contribution in [3.05, 3.63) is 29.6 Å². The lowest BCUT2D eigenvalue weighted by Crippen LogP contribution is -2.30. The normalized spacial score (nSPS) is 14.6. The van der Waals surface area contributed by atoms with Crippen LogP contribution in [0, 0.1) is 11.7 Å². The first kappa shape index (κ1) is 14.9. The Morgan fingerprint density at radius 2 is 2.06 bits per heavy atom. The summed E-state index contributed by atoms with van der Waals surface area (Å²) < 4.78 is 19.1. The predicted octanol–water partition coefficient (Wildman–Crippen LogP) is 2.42. The van der Waals surface area contributed by atoms with E-state index < -0.39 is 0 Å². The lowest BCUT2D eigenvalue weighted by molar-refractivity contribution is 0.226. The van der Waals surface area contributed by atoms with Gasteiger partial charge in [-0.25, -0.2) is 4.39 Å². The van der Waals surface area contributed by atoms with Crippen molar-refractivity contribution in [3.8, 4) is 5.75 Å². The maximum absolute atomic E-state index is 13.9. The van der Waals surface area contributed by atoms with Crippen LogP contribution in [0.5, 0.6) is 5.75 Å². The zero-order valence-electron chi connectivity index (χ0n) is 11.6. The average molecular weight is 254 g/mol. The quantitative estimate of drug-likeness (QED) is 0.847. The van der Waals surface area contributed by atoms with Crippen molar-refractivity contribution in [1.29, 1.82) is 0 Å². The molecule has 102 valence electrons. The molecule has 3 nitrogen and oxygen atoms in total. The molecule has 0 saturated heterocycles. The molecule has 0 bridgehead atoms. The van der Waals surface area contributed by atoms with E-state index in [9.17, 15) is 4.39 Å². The number of rotatable bonds is 6. The van der Waals surface area contributed by atoms with Crippen LogP contribution in [-0.2, 0) is 0 Å². The van der Waals surface area contributed by atoms with Crippen molar-refractivity contribution in [2.75, 3.05) is 27.2 Å². The van der Waals surface area contributed by atoms with E-state index in [4.69, 9.17) is 10.5 Å². The highest BCUT2D eigenvalue weighted by Gasteiger charge is 2.21. The molecule has 0 aromatic heterocycles. The second-order valence-corrected chi connectivity index (χ2v) is 4.74. The zero-order chi connectivity index (χ0) is 13.7. The largest absolute Gasteiger partial charge is 0.491 e. The van der Waals surface area contributed by atoms with Crippen LogP contribution in [0.4, 0.5) is 4.39 Å². The Hall–Kier alpha value is -1.13. The Morgan fingerprint density at radius 1 is 1.39 bits per heavy atom. The van der Waals surface area contributed by atoms with Crippen LogP contribution in [-0.4, -0.2) is 32.1 Å². The number of halogens is 1. The van der Waals surface area contributed by atoms with Crippen molar-refractivity contribution >= 4 is 0 Å². The minimum atomic E-state index is -0.314. The van der Waals surface area contributed by atoms with Gasteiger partial charge in [-0.2, -0.15) is 0 Å². The highest BCUT2D eigenvalue weighted by atomic mass is 19.1. The summed E-state index contributed by atoms with van der Waals surface area (Å²) in [5, 5.41) is 0. The van der Waals surface area contributed by atoms with Crippen molar-refractivity contribution in [1.82, 2.24) is 4.90 Å². The summed E-state index contributed by atoms with van der Waals surface area (Å²) in [5.41, 5.74) is 6.65. The van der Waals surface area contributed by atoms with E-state index in [0.717, 1.165) is 5.56 Å². The number of nitrogens with two attached hydrogens (primary N) is 1. The van der Waals surface area contributed by atoms with Gasteiger partial charge in [-0.15, -0.1) is 0 Å². The standard InChI is InChI=1S/C14H23FN2O/c1-5-18-13-7-6-11(8-12(13)15)14(17(3)4)10(2)9-16/h6-8,10,14H,5,9,16H2,1-4H3. The molecule has 4 heteroatoms. The summed E-state index contributed by atoms with van der Waals surface area (Å²) >= 11 is 0. The maximum Gasteiger partial charge on any atom is 0.165 e. The molecule has 0 spiro atoms. The summed E-state index contributed by atoms with van der Waals surface area (Å²) in [6, 6.07) is 5.25. The molecule has 1 aromatic carbocycles. The van der Waals surface area contributed by atoms with Crippen molar-refractivity contribution in [2.24, 2.45) is 11.7 Å². The van der Waals surface area contributed by atoms with E-state index in [1.165, 1.54) is 0 Å². The minimum Gasteiger partial charge on any atom is -0.491 e. The van der Waals surface area contributed by atoms with Crippen LogP contribution >= 0.6 is 0 Å². The Kier molecular flexibility index (Phi) is 5.56. The first-order chi connectivity index (χ1) is 8.51. The van der Waals surface area contributed by atoms with Crippen LogP contribution in [0.2, 0.25) is 0 Å². The van der Waals surface area contributed by atoms with Gasteiger partial charge in [-0.1, -0.05) is 13.0 Å². The van der Waals surface area contributed by atoms with E-state index in [-0.39, 0.29) is 17.8 Å². The first-order valence-electron chi connectivity index (χ1n) is 6.30. The molecule has 2 N–H and O–H groups in total. The van der Waals surface area contributed by atoms with Crippen LogP contribution < -0.4 is 10.5 Å². The summed E-state index contributed by atoms with van der Waals surface area (Å²) in [5.74, 6) is 0.252.